The number of cyclic esters (lactones) is 1. The molecule has 1 saturated heterocycles. The number of amides is 1. The summed E-state index contributed by atoms with van der Waals surface area (Å²) < 4.78 is 18.4. The largest absolute Gasteiger partial charge is 0.448 e. The van der Waals surface area contributed by atoms with Crippen LogP contribution in [0.3, 0.4) is 0 Å². The molecular formula is C13H13FN2O2S. The summed E-state index contributed by atoms with van der Waals surface area (Å²) in [5, 5.41) is 8.64. The SMILES string of the molecule is N#Cc1ccc(SCCCN2CCOC2=O)c(F)c1. The van der Waals surface area contributed by atoms with Gasteiger partial charge in [0.05, 0.1) is 18.2 Å². The van der Waals surface area contributed by atoms with Crippen molar-refractivity contribution in [3.8, 4) is 6.07 Å². The van der Waals surface area contributed by atoms with E-state index in [0.29, 0.717) is 35.9 Å². The van der Waals surface area contributed by atoms with Gasteiger partial charge in [0.15, 0.2) is 0 Å². The molecule has 1 aliphatic rings. The van der Waals surface area contributed by atoms with E-state index in [4.69, 9.17) is 10.00 Å². The Labute approximate surface area is 115 Å². The Morgan fingerprint density at radius 2 is 2.37 bits per heavy atom. The Balaban J connectivity index is 1.77. The van der Waals surface area contributed by atoms with Crippen LogP contribution >= 0.6 is 11.8 Å². The molecule has 0 bridgehead atoms. The number of carbonyl (C=O) groups is 1. The highest BCUT2D eigenvalue weighted by Crippen LogP contribution is 2.23. The van der Waals surface area contributed by atoms with Crippen LogP contribution in [0, 0.1) is 17.1 Å². The first-order valence-corrected chi connectivity index (χ1v) is 6.93. The van der Waals surface area contributed by atoms with Crippen LogP contribution in [0.15, 0.2) is 23.1 Å². The summed E-state index contributed by atoms with van der Waals surface area (Å²) in [6.07, 6.45) is 0.508. The van der Waals surface area contributed by atoms with Gasteiger partial charge in [-0.05, 0) is 30.4 Å². The fraction of sp³-hybridized carbons (Fsp3) is 0.385. The van der Waals surface area contributed by atoms with Gasteiger partial charge < -0.3 is 9.64 Å². The van der Waals surface area contributed by atoms with E-state index in [1.54, 1.807) is 17.0 Å². The molecule has 1 aliphatic heterocycles. The lowest BCUT2D eigenvalue weighted by molar-refractivity contribution is 0.158. The first-order chi connectivity index (χ1) is 9.20. The topological polar surface area (TPSA) is 53.3 Å². The number of ether oxygens (including phenoxy) is 1. The number of nitriles is 1. The standard InChI is InChI=1S/C13H13FN2O2S/c14-11-8-10(9-15)2-3-12(11)19-7-1-4-16-5-6-18-13(16)17/h2-3,8H,1,4-7H2. The van der Waals surface area contributed by atoms with E-state index in [9.17, 15) is 9.18 Å². The van der Waals surface area contributed by atoms with Crippen LogP contribution in [0.2, 0.25) is 0 Å². The van der Waals surface area contributed by atoms with Gasteiger partial charge in [0.2, 0.25) is 0 Å². The maximum atomic E-state index is 13.6. The molecule has 1 aromatic rings. The lowest BCUT2D eigenvalue weighted by atomic mass is 10.2. The van der Waals surface area contributed by atoms with Crippen molar-refractivity contribution in [2.75, 3.05) is 25.4 Å². The molecule has 19 heavy (non-hydrogen) atoms. The Bertz CT molecular complexity index is 516. The van der Waals surface area contributed by atoms with Crippen molar-refractivity contribution in [2.45, 2.75) is 11.3 Å². The molecule has 2 rings (SSSR count). The minimum absolute atomic E-state index is 0.269. The van der Waals surface area contributed by atoms with Crippen LogP contribution in [0.1, 0.15) is 12.0 Å². The van der Waals surface area contributed by atoms with E-state index >= 15 is 0 Å². The van der Waals surface area contributed by atoms with Gasteiger partial charge in [-0.1, -0.05) is 0 Å². The van der Waals surface area contributed by atoms with Gasteiger partial charge >= 0.3 is 6.09 Å². The van der Waals surface area contributed by atoms with Crippen molar-refractivity contribution in [2.24, 2.45) is 0 Å². The third kappa shape index (κ3) is 3.61. The van der Waals surface area contributed by atoms with Crippen molar-refractivity contribution in [3.63, 3.8) is 0 Å². The molecule has 1 amide bonds. The van der Waals surface area contributed by atoms with E-state index in [-0.39, 0.29) is 11.9 Å². The molecule has 1 heterocycles. The van der Waals surface area contributed by atoms with E-state index in [1.807, 2.05) is 6.07 Å². The van der Waals surface area contributed by atoms with Gasteiger partial charge in [-0.2, -0.15) is 5.26 Å². The number of thioether (sulfide) groups is 1. The monoisotopic (exact) mass is 280 g/mol. The van der Waals surface area contributed by atoms with Crippen LogP contribution in [-0.2, 0) is 4.74 Å². The Morgan fingerprint density at radius 3 is 3.00 bits per heavy atom. The molecular weight excluding hydrogens is 267 g/mol. The van der Waals surface area contributed by atoms with Gasteiger partial charge in [-0.15, -0.1) is 11.8 Å². The predicted molar refractivity (Wildman–Crippen MR) is 69.4 cm³/mol. The normalized spacial score (nSPS) is 14.3. The quantitative estimate of drug-likeness (QED) is 0.614. The van der Waals surface area contributed by atoms with Gasteiger partial charge in [0, 0.05) is 11.4 Å². The van der Waals surface area contributed by atoms with Crippen molar-refractivity contribution in [1.29, 1.82) is 5.26 Å². The molecule has 0 saturated carbocycles. The van der Waals surface area contributed by atoms with Crippen LogP contribution in [-0.4, -0.2) is 36.4 Å². The van der Waals surface area contributed by atoms with Gasteiger partial charge in [-0.25, -0.2) is 9.18 Å². The van der Waals surface area contributed by atoms with Gasteiger partial charge in [-0.3, -0.25) is 0 Å². The number of halogens is 1. The average Bonchev–Trinajstić information content (AvgIpc) is 2.81. The Hall–Kier alpha value is -1.74. The van der Waals surface area contributed by atoms with Crippen LogP contribution in [0.25, 0.3) is 0 Å². The highest BCUT2D eigenvalue weighted by molar-refractivity contribution is 7.99. The Morgan fingerprint density at radius 1 is 1.53 bits per heavy atom. The van der Waals surface area contributed by atoms with Crippen molar-refractivity contribution in [1.82, 2.24) is 4.90 Å². The number of hydrogen-bond donors (Lipinski definition) is 0. The summed E-state index contributed by atoms with van der Waals surface area (Å²) in [5.74, 6) is 0.344. The van der Waals surface area contributed by atoms with Crippen LogP contribution in [0.5, 0.6) is 0 Å². The first-order valence-electron chi connectivity index (χ1n) is 5.95. The molecule has 0 atom stereocenters. The average molecular weight is 280 g/mol. The fourth-order valence-electron chi connectivity index (χ4n) is 1.75. The summed E-state index contributed by atoms with van der Waals surface area (Å²) in [6.45, 7) is 1.72. The smallest absolute Gasteiger partial charge is 0.409 e. The fourth-order valence-corrected chi connectivity index (χ4v) is 2.61. The second-order valence-electron chi connectivity index (χ2n) is 4.06. The molecule has 1 fully saturated rings. The lowest BCUT2D eigenvalue weighted by Crippen LogP contribution is -2.25. The molecule has 0 unspecified atom stereocenters. The lowest BCUT2D eigenvalue weighted by Gasteiger charge is -2.11. The third-order valence-electron chi connectivity index (χ3n) is 2.74. The number of carbonyl (C=O) groups excluding carboxylic acids is 1. The summed E-state index contributed by atoms with van der Waals surface area (Å²) in [7, 11) is 0. The second kappa shape index (κ2) is 6.43. The maximum Gasteiger partial charge on any atom is 0.409 e. The molecule has 4 nitrogen and oxygen atoms in total. The molecule has 0 aromatic heterocycles. The van der Waals surface area contributed by atoms with E-state index in [2.05, 4.69) is 0 Å². The third-order valence-corrected chi connectivity index (χ3v) is 3.87. The van der Waals surface area contributed by atoms with Crippen molar-refractivity contribution in [3.05, 3.63) is 29.6 Å². The van der Waals surface area contributed by atoms with Crippen LogP contribution < -0.4 is 0 Å². The molecule has 0 spiro atoms. The summed E-state index contributed by atoms with van der Waals surface area (Å²) in [5.41, 5.74) is 0.321. The molecule has 0 N–H and O–H groups in total. The number of rotatable bonds is 5. The van der Waals surface area contributed by atoms with Crippen LogP contribution in [0.4, 0.5) is 9.18 Å². The molecule has 0 radical (unpaired) electrons. The summed E-state index contributed by atoms with van der Waals surface area (Å²) in [6, 6.07) is 6.35. The summed E-state index contributed by atoms with van der Waals surface area (Å²) in [4.78, 5) is 13.3. The van der Waals surface area contributed by atoms with E-state index in [1.165, 1.54) is 17.8 Å². The zero-order valence-electron chi connectivity index (χ0n) is 10.3. The highest BCUT2D eigenvalue weighted by Gasteiger charge is 2.20. The number of benzene rings is 1. The minimum atomic E-state index is -0.371. The zero-order valence-corrected chi connectivity index (χ0v) is 11.1. The molecule has 1 aromatic carbocycles. The molecule has 0 aliphatic carbocycles. The summed E-state index contributed by atoms with van der Waals surface area (Å²) >= 11 is 1.39. The first kappa shape index (κ1) is 13.7. The van der Waals surface area contributed by atoms with E-state index in [0.717, 1.165) is 6.42 Å². The van der Waals surface area contributed by atoms with Crippen molar-refractivity contribution >= 4 is 17.9 Å². The molecule has 6 heteroatoms. The molecule has 100 valence electrons. The van der Waals surface area contributed by atoms with E-state index < -0.39 is 0 Å². The van der Waals surface area contributed by atoms with Gasteiger partial charge in [0.1, 0.15) is 12.4 Å². The highest BCUT2D eigenvalue weighted by atomic mass is 32.2. The predicted octanol–water partition coefficient (Wildman–Crippen LogP) is 2.63. The minimum Gasteiger partial charge on any atom is -0.448 e. The zero-order chi connectivity index (χ0) is 13.7. The number of nitrogens with zero attached hydrogens (tertiary/aromatic N) is 2. The Kier molecular flexibility index (Phi) is 4.63. The van der Waals surface area contributed by atoms with Crippen molar-refractivity contribution < 1.29 is 13.9 Å². The maximum absolute atomic E-state index is 13.6. The van der Waals surface area contributed by atoms with Gasteiger partial charge in [0.25, 0.3) is 0 Å². The number of hydrogen-bond acceptors (Lipinski definition) is 4. The second-order valence-corrected chi connectivity index (χ2v) is 5.20.